The topological polar surface area (TPSA) is 40.5 Å². The smallest absolute Gasteiger partial charge is 0.325 e. The molecule has 1 heterocycles. The average Bonchev–Trinajstić information content (AvgIpc) is 2.80. The number of fused-ring (bicyclic) bond motifs is 1. The Labute approximate surface area is 139 Å². The van der Waals surface area contributed by atoms with Gasteiger partial charge in [0.05, 0.1) is 12.1 Å². The first-order valence-corrected chi connectivity index (χ1v) is 11.0. The van der Waals surface area contributed by atoms with Crippen LogP contribution in [0.2, 0.25) is 18.1 Å². The Morgan fingerprint density at radius 3 is 2.52 bits per heavy atom. The number of carbonyl (C=O) groups excluding carboxylic acids is 1. The molecule has 0 amide bonds. The molecule has 0 N–H and O–H groups in total. The Hall–Kier alpha value is -1.75. The van der Waals surface area contributed by atoms with E-state index in [1.165, 1.54) is 0 Å². The van der Waals surface area contributed by atoms with Crippen molar-refractivity contribution in [2.45, 2.75) is 52.4 Å². The Morgan fingerprint density at radius 1 is 1.22 bits per heavy atom. The summed E-state index contributed by atoms with van der Waals surface area (Å²) in [4.78, 5) is 11.7. The van der Waals surface area contributed by atoms with Gasteiger partial charge in [-0.15, -0.1) is 0 Å². The van der Waals surface area contributed by atoms with E-state index in [1.54, 1.807) is 0 Å². The quantitative estimate of drug-likeness (QED) is 0.593. The fourth-order valence-electron chi connectivity index (χ4n) is 2.16. The predicted octanol–water partition coefficient (Wildman–Crippen LogP) is 4.59. The molecular weight excluding hydrogens is 306 g/mol. The van der Waals surface area contributed by atoms with Crippen LogP contribution in [0.25, 0.3) is 10.9 Å². The van der Waals surface area contributed by atoms with Gasteiger partial charge in [-0.05, 0) is 48.6 Å². The molecule has 2 aromatic rings. The van der Waals surface area contributed by atoms with Crippen molar-refractivity contribution in [2.24, 2.45) is 0 Å². The third-order valence-electron chi connectivity index (χ3n) is 4.53. The Bertz CT molecular complexity index is 698. The summed E-state index contributed by atoms with van der Waals surface area (Å²) in [5.41, 5.74) is 0.995. The molecular formula is C18H27NO3Si. The van der Waals surface area contributed by atoms with Crippen molar-refractivity contribution < 1.29 is 14.0 Å². The number of esters is 1. The number of ether oxygens (including phenoxy) is 1. The van der Waals surface area contributed by atoms with E-state index in [0.29, 0.717) is 6.61 Å². The van der Waals surface area contributed by atoms with Gasteiger partial charge < -0.3 is 13.7 Å². The molecule has 0 atom stereocenters. The van der Waals surface area contributed by atoms with Gasteiger partial charge in [0.15, 0.2) is 0 Å². The summed E-state index contributed by atoms with van der Waals surface area (Å²) in [5.74, 6) is 0.647. The molecule has 4 nitrogen and oxygen atoms in total. The third kappa shape index (κ3) is 3.96. The van der Waals surface area contributed by atoms with Gasteiger partial charge in [0.2, 0.25) is 8.32 Å². The molecule has 0 aliphatic heterocycles. The first-order valence-electron chi connectivity index (χ1n) is 8.07. The fourth-order valence-corrected chi connectivity index (χ4v) is 3.18. The molecule has 1 aromatic heterocycles. The van der Waals surface area contributed by atoms with Crippen LogP contribution in [-0.2, 0) is 16.1 Å². The molecule has 2 rings (SSSR count). The molecule has 0 fully saturated rings. The number of aromatic nitrogens is 1. The minimum Gasteiger partial charge on any atom is -0.543 e. The largest absolute Gasteiger partial charge is 0.543 e. The zero-order valence-electron chi connectivity index (χ0n) is 15.0. The minimum atomic E-state index is -1.88. The van der Waals surface area contributed by atoms with Crippen LogP contribution in [0.3, 0.4) is 0 Å². The highest BCUT2D eigenvalue weighted by Gasteiger charge is 2.39. The van der Waals surface area contributed by atoms with Crippen LogP contribution in [0, 0.1) is 0 Å². The van der Waals surface area contributed by atoms with Crippen LogP contribution in [0.15, 0.2) is 30.5 Å². The third-order valence-corrected chi connectivity index (χ3v) is 8.89. The van der Waals surface area contributed by atoms with E-state index in [1.807, 2.05) is 42.0 Å². The van der Waals surface area contributed by atoms with E-state index in [4.69, 9.17) is 9.16 Å². The molecule has 1 aromatic carbocycles. The van der Waals surface area contributed by atoms with Crippen molar-refractivity contribution in [1.82, 2.24) is 4.57 Å². The minimum absolute atomic E-state index is 0.148. The number of rotatable bonds is 5. The van der Waals surface area contributed by atoms with E-state index in [0.717, 1.165) is 16.7 Å². The Kier molecular flexibility index (Phi) is 4.89. The van der Waals surface area contributed by atoms with Gasteiger partial charge in [0.25, 0.3) is 0 Å². The second-order valence-corrected chi connectivity index (χ2v) is 12.1. The maximum Gasteiger partial charge on any atom is 0.325 e. The summed E-state index contributed by atoms with van der Waals surface area (Å²) in [6.45, 7) is 13.6. The first kappa shape index (κ1) is 17.6. The molecule has 0 saturated carbocycles. The lowest BCUT2D eigenvalue weighted by molar-refractivity contribution is -0.143. The van der Waals surface area contributed by atoms with Crippen LogP contribution in [-0.4, -0.2) is 25.5 Å². The second-order valence-electron chi connectivity index (χ2n) is 7.33. The summed E-state index contributed by atoms with van der Waals surface area (Å²) in [7, 11) is -1.88. The van der Waals surface area contributed by atoms with Gasteiger partial charge in [-0.25, -0.2) is 0 Å². The lowest BCUT2D eigenvalue weighted by Crippen LogP contribution is -2.43. The van der Waals surface area contributed by atoms with Crippen molar-refractivity contribution in [2.75, 3.05) is 6.61 Å². The van der Waals surface area contributed by atoms with Crippen LogP contribution < -0.4 is 4.43 Å². The fraction of sp³-hybridized carbons (Fsp3) is 0.500. The van der Waals surface area contributed by atoms with E-state index in [2.05, 4.69) is 33.9 Å². The molecule has 5 heteroatoms. The zero-order valence-corrected chi connectivity index (χ0v) is 16.0. The van der Waals surface area contributed by atoms with Gasteiger partial charge >= 0.3 is 5.97 Å². The molecule has 23 heavy (non-hydrogen) atoms. The summed E-state index contributed by atoms with van der Waals surface area (Å²) < 4.78 is 13.3. The highest BCUT2D eigenvalue weighted by Crippen LogP contribution is 2.37. The van der Waals surface area contributed by atoms with Crippen molar-refractivity contribution in [3.63, 3.8) is 0 Å². The monoisotopic (exact) mass is 333 g/mol. The number of hydrogen-bond acceptors (Lipinski definition) is 3. The molecule has 0 unspecified atom stereocenters. The van der Waals surface area contributed by atoms with Crippen molar-refractivity contribution in [1.29, 1.82) is 0 Å². The summed E-state index contributed by atoms with van der Waals surface area (Å²) in [5, 5.41) is 1.24. The average molecular weight is 334 g/mol. The summed E-state index contributed by atoms with van der Waals surface area (Å²) in [6, 6.07) is 8.08. The Morgan fingerprint density at radius 2 is 1.91 bits per heavy atom. The maximum atomic E-state index is 11.7. The summed E-state index contributed by atoms with van der Waals surface area (Å²) >= 11 is 0. The lowest BCUT2D eigenvalue weighted by Gasteiger charge is -2.36. The van der Waals surface area contributed by atoms with Crippen molar-refractivity contribution in [3.8, 4) is 5.75 Å². The standard InChI is InChI=1S/C18H27NO3Si/c1-7-21-17(20)13-19-11-10-14-8-9-15(12-16(14)19)22-23(5,6)18(2,3)4/h8-12H,7,13H2,1-6H3. The van der Waals surface area contributed by atoms with Crippen LogP contribution in [0.5, 0.6) is 5.75 Å². The molecule has 0 saturated heterocycles. The second kappa shape index (κ2) is 6.39. The molecule has 0 radical (unpaired) electrons. The lowest BCUT2D eigenvalue weighted by atomic mass is 10.2. The first-order chi connectivity index (χ1) is 10.6. The van der Waals surface area contributed by atoms with E-state index in [9.17, 15) is 4.79 Å². The number of benzene rings is 1. The number of nitrogens with zero attached hydrogens (tertiary/aromatic N) is 1. The van der Waals surface area contributed by atoms with Crippen molar-refractivity contribution >= 4 is 25.2 Å². The zero-order chi connectivity index (χ0) is 17.3. The Balaban J connectivity index is 2.29. The van der Waals surface area contributed by atoms with Crippen molar-refractivity contribution in [3.05, 3.63) is 30.5 Å². The SMILES string of the molecule is CCOC(=O)Cn1ccc2ccc(O[Si](C)(C)C(C)(C)C)cc21. The predicted molar refractivity (Wildman–Crippen MR) is 96.4 cm³/mol. The van der Waals surface area contributed by atoms with Gasteiger partial charge in [-0.2, -0.15) is 0 Å². The summed E-state index contributed by atoms with van der Waals surface area (Å²) in [6.07, 6.45) is 1.91. The van der Waals surface area contributed by atoms with Crippen LogP contribution in [0.4, 0.5) is 0 Å². The molecule has 0 aliphatic rings. The molecule has 126 valence electrons. The van der Waals surface area contributed by atoms with Gasteiger partial charge in [-0.3, -0.25) is 4.79 Å². The van der Waals surface area contributed by atoms with Gasteiger partial charge in [0.1, 0.15) is 12.3 Å². The van der Waals surface area contributed by atoms with E-state index in [-0.39, 0.29) is 17.6 Å². The van der Waals surface area contributed by atoms with Crippen LogP contribution in [0.1, 0.15) is 27.7 Å². The highest BCUT2D eigenvalue weighted by atomic mass is 28.4. The van der Waals surface area contributed by atoms with Gasteiger partial charge in [-0.1, -0.05) is 20.8 Å². The maximum absolute atomic E-state index is 11.7. The number of carbonyl (C=O) groups is 1. The molecule has 0 spiro atoms. The van der Waals surface area contributed by atoms with E-state index >= 15 is 0 Å². The molecule has 0 aliphatic carbocycles. The normalized spacial score (nSPS) is 12.4. The number of hydrogen-bond donors (Lipinski definition) is 0. The molecule has 0 bridgehead atoms. The highest BCUT2D eigenvalue weighted by molar-refractivity contribution is 6.74. The van der Waals surface area contributed by atoms with Gasteiger partial charge in [0, 0.05) is 12.3 Å². The van der Waals surface area contributed by atoms with E-state index < -0.39 is 8.32 Å². The van der Waals surface area contributed by atoms with Crippen LogP contribution >= 0.6 is 0 Å².